The molecule has 0 saturated carbocycles. The van der Waals surface area contributed by atoms with Crippen molar-refractivity contribution in [1.29, 1.82) is 0 Å². The maximum atomic E-state index is 12.8. The molecule has 0 spiro atoms. The lowest BCUT2D eigenvalue weighted by Crippen LogP contribution is -2.52. The highest BCUT2D eigenvalue weighted by Gasteiger charge is 2.51. The van der Waals surface area contributed by atoms with Crippen LogP contribution >= 0.6 is 0 Å². The van der Waals surface area contributed by atoms with Gasteiger partial charge < -0.3 is 0 Å². The molecule has 2 nitrogen and oxygen atoms in total. The monoisotopic (exact) mass is 392 g/mol. The van der Waals surface area contributed by atoms with E-state index in [1.54, 1.807) is 0 Å². The number of hydrogen-bond acceptors (Lipinski definition) is 2. The minimum atomic E-state index is -3.09. The molecule has 0 unspecified atom stereocenters. The van der Waals surface area contributed by atoms with Gasteiger partial charge in [-0.05, 0) is 108 Å². The quantitative estimate of drug-likeness (QED) is 0.494. The molecule has 1 aliphatic heterocycles. The molecule has 1 heterocycles. The van der Waals surface area contributed by atoms with E-state index in [4.69, 9.17) is 0 Å². The fraction of sp³-hybridized carbons (Fsp3) is 0.750. The van der Waals surface area contributed by atoms with Crippen LogP contribution in [-0.4, -0.2) is 17.9 Å². The Morgan fingerprint density at radius 3 is 2.11 bits per heavy atom. The van der Waals surface area contributed by atoms with Gasteiger partial charge in [-0.1, -0.05) is 32.1 Å². The molecule has 0 N–H and O–H groups in total. The average molecular weight is 393 g/mol. The van der Waals surface area contributed by atoms with Crippen molar-refractivity contribution in [2.24, 2.45) is 11.3 Å². The Morgan fingerprint density at radius 1 is 1.07 bits per heavy atom. The lowest BCUT2D eigenvalue weighted by Gasteiger charge is -2.44. The van der Waals surface area contributed by atoms with Crippen molar-refractivity contribution in [3.8, 4) is 0 Å². The fourth-order valence-corrected chi connectivity index (χ4v) is 7.24. The first-order valence-corrected chi connectivity index (χ1v) is 11.9. The van der Waals surface area contributed by atoms with E-state index >= 15 is 0 Å². The van der Waals surface area contributed by atoms with E-state index in [-0.39, 0.29) is 0 Å². The standard InChI is InChI=1S/C24H40O2S/c1-18(19(2)21-12-14-22(3,4)15-13-21)10-9-11-20-16-23(5,6)27(25,26)24(7,8)17-20/h9-10,12,20H,11,13-17H2,1-8H3/b10-9-,19-18+. The minimum Gasteiger partial charge on any atom is -0.228 e. The molecule has 3 heteroatoms. The van der Waals surface area contributed by atoms with E-state index < -0.39 is 19.3 Å². The molecule has 0 aromatic rings. The summed E-state index contributed by atoms with van der Waals surface area (Å²) in [4.78, 5) is 0. The number of sulfone groups is 1. The average Bonchev–Trinajstić information content (AvgIpc) is 2.51. The fourth-order valence-electron chi connectivity index (χ4n) is 4.83. The van der Waals surface area contributed by atoms with Crippen LogP contribution in [0.2, 0.25) is 0 Å². The second-order valence-corrected chi connectivity index (χ2v) is 14.1. The smallest absolute Gasteiger partial charge is 0.160 e. The topological polar surface area (TPSA) is 34.1 Å². The summed E-state index contributed by atoms with van der Waals surface area (Å²) in [6.45, 7) is 16.7. The summed E-state index contributed by atoms with van der Waals surface area (Å²) in [5.41, 5.74) is 4.69. The highest BCUT2D eigenvalue weighted by Crippen LogP contribution is 2.45. The largest absolute Gasteiger partial charge is 0.228 e. The third-order valence-electron chi connectivity index (χ3n) is 6.90. The van der Waals surface area contributed by atoms with Gasteiger partial charge >= 0.3 is 0 Å². The van der Waals surface area contributed by atoms with Crippen molar-refractivity contribution in [2.75, 3.05) is 0 Å². The van der Waals surface area contributed by atoms with Crippen molar-refractivity contribution < 1.29 is 8.42 Å². The zero-order valence-electron chi connectivity index (χ0n) is 18.8. The van der Waals surface area contributed by atoms with Gasteiger partial charge in [-0.3, -0.25) is 0 Å². The molecule has 0 aromatic carbocycles. The van der Waals surface area contributed by atoms with Gasteiger partial charge in [0, 0.05) is 0 Å². The van der Waals surface area contributed by atoms with E-state index in [2.05, 4.69) is 45.9 Å². The van der Waals surface area contributed by atoms with Crippen LogP contribution in [0, 0.1) is 11.3 Å². The molecular weight excluding hydrogens is 352 g/mol. The predicted octanol–water partition coefficient (Wildman–Crippen LogP) is 6.79. The van der Waals surface area contributed by atoms with Gasteiger partial charge in [0.05, 0.1) is 9.49 Å². The minimum absolute atomic E-state index is 0.428. The number of hydrogen-bond donors (Lipinski definition) is 0. The maximum absolute atomic E-state index is 12.8. The first-order chi connectivity index (χ1) is 12.2. The van der Waals surface area contributed by atoms with Crippen molar-refractivity contribution >= 4 is 9.84 Å². The summed E-state index contributed by atoms with van der Waals surface area (Å²) in [6, 6.07) is 0. The summed E-state index contributed by atoms with van der Waals surface area (Å²) in [6.07, 6.45) is 13.0. The molecular formula is C24H40O2S. The molecule has 0 radical (unpaired) electrons. The third-order valence-corrected chi connectivity index (χ3v) is 10.1. The Labute approximate surface area is 168 Å². The van der Waals surface area contributed by atoms with E-state index in [0.29, 0.717) is 11.3 Å². The normalized spacial score (nSPS) is 27.9. The molecule has 0 aromatic heterocycles. The van der Waals surface area contributed by atoms with Crippen molar-refractivity contribution in [3.05, 3.63) is 34.9 Å². The first-order valence-electron chi connectivity index (χ1n) is 10.5. The molecule has 1 saturated heterocycles. The van der Waals surface area contributed by atoms with Crippen LogP contribution in [0.15, 0.2) is 34.9 Å². The van der Waals surface area contributed by atoms with Crippen LogP contribution in [0.25, 0.3) is 0 Å². The highest BCUT2D eigenvalue weighted by molar-refractivity contribution is 7.94. The summed E-state index contributed by atoms with van der Waals surface area (Å²) in [7, 11) is -3.09. The molecule has 1 fully saturated rings. The second kappa shape index (κ2) is 7.54. The van der Waals surface area contributed by atoms with Crippen LogP contribution in [-0.2, 0) is 9.84 Å². The zero-order valence-corrected chi connectivity index (χ0v) is 19.6. The number of allylic oxidation sites excluding steroid dienone is 6. The first kappa shape index (κ1) is 22.5. The van der Waals surface area contributed by atoms with E-state index in [1.807, 2.05) is 27.7 Å². The molecule has 0 atom stereocenters. The summed E-state index contributed by atoms with van der Waals surface area (Å²) >= 11 is 0. The Hall–Kier alpha value is -0.830. The lowest BCUT2D eigenvalue weighted by atomic mass is 9.76. The number of rotatable bonds is 4. The van der Waals surface area contributed by atoms with Crippen LogP contribution in [0.1, 0.15) is 93.9 Å². The van der Waals surface area contributed by atoms with Crippen molar-refractivity contribution in [2.45, 2.75) is 103 Å². The lowest BCUT2D eigenvalue weighted by molar-refractivity contribution is 0.318. The van der Waals surface area contributed by atoms with Crippen molar-refractivity contribution in [3.63, 3.8) is 0 Å². The van der Waals surface area contributed by atoms with Gasteiger partial charge in [0.2, 0.25) is 0 Å². The summed E-state index contributed by atoms with van der Waals surface area (Å²) in [5.74, 6) is 0.428. The molecule has 2 rings (SSSR count). The Bertz CT molecular complexity index is 734. The Morgan fingerprint density at radius 2 is 1.63 bits per heavy atom. The van der Waals surface area contributed by atoms with Gasteiger partial charge in [0.1, 0.15) is 0 Å². The van der Waals surface area contributed by atoms with Crippen LogP contribution in [0.4, 0.5) is 0 Å². The molecule has 154 valence electrons. The van der Waals surface area contributed by atoms with Gasteiger partial charge in [-0.15, -0.1) is 0 Å². The SMILES string of the molecule is CC(/C=C\CC1CC(C)(C)S(=O)(=O)C(C)(C)C1)=C(/C)C1=CCC(C)(C)CC1. The highest BCUT2D eigenvalue weighted by atomic mass is 32.2. The predicted molar refractivity (Wildman–Crippen MR) is 118 cm³/mol. The van der Waals surface area contributed by atoms with Gasteiger partial charge in [0.15, 0.2) is 9.84 Å². The van der Waals surface area contributed by atoms with Crippen LogP contribution < -0.4 is 0 Å². The second-order valence-electron chi connectivity index (χ2n) is 10.8. The van der Waals surface area contributed by atoms with E-state index in [9.17, 15) is 8.42 Å². The summed E-state index contributed by atoms with van der Waals surface area (Å²) < 4.78 is 24.3. The molecule has 2 aliphatic rings. The third kappa shape index (κ3) is 4.78. The zero-order chi connectivity index (χ0) is 20.7. The van der Waals surface area contributed by atoms with E-state index in [1.165, 1.54) is 29.6 Å². The van der Waals surface area contributed by atoms with Gasteiger partial charge in [0.25, 0.3) is 0 Å². The van der Waals surface area contributed by atoms with Crippen LogP contribution in [0.5, 0.6) is 0 Å². The Kier molecular flexibility index (Phi) is 6.27. The van der Waals surface area contributed by atoms with Gasteiger partial charge in [-0.25, -0.2) is 8.42 Å². The maximum Gasteiger partial charge on any atom is 0.160 e. The molecule has 1 aliphatic carbocycles. The molecule has 27 heavy (non-hydrogen) atoms. The van der Waals surface area contributed by atoms with Gasteiger partial charge in [-0.2, -0.15) is 0 Å². The van der Waals surface area contributed by atoms with Crippen LogP contribution in [0.3, 0.4) is 0 Å². The Balaban J connectivity index is 2.06. The molecule has 0 amide bonds. The van der Waals surface area contributed by atoms with E-state index in [0.717, 1.165) is 25.7 Å². The van der Waals surface area contributed by atoms with Crippen molar-refractivity contribution in [1.82, 2.24) is 0 Å². The molecule has 0 bridgehead atoms. The summed E-state index contributed by atoms with van der Waals surface area (Å²) in [5, 5.41) is 0.